The van der Waals surface area contributed by atoms with Gasteiger partial charge in [0.05, 0.1) is 19.2 Å². The highest BCUT2D eigenvalue weighted by atomic mass is 19.1. The number of benzene rings is 1. The molecule has 0 spiro atoms. The van der Waals surface area contributed by atoms with E-state index in [9.17, 15) is 19.1 Å². The highest BCUT2D eigenvalue weighted by Gasteiger charge is 2.34. The van der Waals surface area contributed by atoms with Gasteiger partial charge in [0, 0.05) is 43.3 Å². The van der Waals surface area contributed by atoms with Crippen molar-refractivity contribution < 1.29 is 23.8 Å². The Kier molecular flexibility index (Phi) is 8.83. The smallest absolute Gasteiger partial charge is 0.259 e. The third kappa shape index (κ3) is 6.37. The molecule has 2 heterocycles. The number of pyridine rings is 1. The molecule has 35 heavy (non-hydrogen) atoms. The molecular formula is C27H32FN3O4. The summed E-state index contributed by atoms with van der Waals surface area (Å²) in [6.07, 6.45) is 2.77. The number of hydrogen-bond donors (Lipinski definition) is 1. The number of ether oxygens (including phenoxy) is 1. The van der Waals surface area contributed by atoms with E-state index in [1.54, 1.807) is 31.1 Å². The molecule has 2 aromatic rings. The van der Waals surface area contributed by atoms with Crippen LogP contribution < -0.4 is 4.74 Å². The van der Waals surface area contributed by atoms with Crippen LogP contribution in [0.2, 0.25) is 0 Å². The molecule has 0 saturated carbocycles. The number of rotatable bonds is 6. The quantitative estimate of drug-likeness (QED) is 0.640. The van der Waals surface area contributed by atoms with E-state index in [4.69, 9.17) is 4.74 Å². The van der Waals surface area contributed by atoms with Crippen LogP contribution in [0.15, 0.2) is 36.5 Å². The Bertz CT molecular complexity index is 1110. The van der Waals surface area contributed by atoms with Crippen LogP contribution in [0, 0.1) is 23.6 Å². The summed E-state index contributed by atoms with van der Waals surface area (Å²) in [5.41, 5.74) is 1.25. The third-order valence-corrected chi connectivity index (χ3v) is 6.02. The molecule has 0 unspecified atom stereocenters. The maximum absolute atomic E-state index is 13.4. The summed E-state index contributed by atoms with van der Waals surface area (Å²) in [6.45, 7) is 6.12. The molecule has 8 heteroatoms. The molecule has 0 aliphatic carbocycles. The topological polar surface area (TPSA) is 83.0 Å². The van der Waals surface area contributed by atoms with Crippen molar-refractivity contribution in [3.8, 4) is 17.7 Å². The summed E-state index contributed by atoms with van der Waals surface area (Å²) >= 11 is 0. The lowest BCUT2D eigenvalue weighted by molar-refractivity contribution is 0.0313. The molecule has 1 aliphatic heterocycles. The van der Waals surface area contributed by atoms with Gasteiger partial charge in [-0.15, -0.1) is 0 Å². The number of hydrogen-bond acceptors (Lipinski definition) is 5. The van der Waals surface area contributed by atoms with Gasteiger partial charge in [-0.05, 0) is 43.7 Å². The van der Waals surface area contributed by atoms with Gasteiger partial charge in [-0.3, -0.25) is 9.59 Å². The molecule has 1 aromatic heterocycles. The Morgan fingerprint density at radius 1 is 1.37 bits per heavy atom. The molecule has 2 amide bonds. The Morgan fingerprint density at radius 3 is 2.74 bits per heavy atom. The van der Waals surface area contributed by atoms with Crippen LogP contribution in [0.1, 0.15) is 59.9 Å². The van der Waals surface area contributed by atoms with Crippen LogP contribution in [0.3, 0.4) is 0 Å². The van der Waals surface area contributed by atoms with E-state index < -0.39 is 18.0 Å². The Balaban J connectivity index is 1.92. The standard InChI is InChI=1S/C27H32FN3O4/c1-5-6-7-8-20-13-23-25(29-14-20)35-24(18(2)15-31(27(23)34)19(3)17-32)16-30(4)26(33)21-9-11-22(28)12-10-21/h9-14,18-19,24,32H,5-6,15-17H2,1-4H3/t18-,19-,24-/m1/s1. The summed E-state index contributed by atoms with van der Waals surface area (Å²) in [4.78, 5) is 33.8. The van der Waals surface area contributed by atoms with Gasteiger partial charge < -0.3 is 19.6 Å². The van der Waals surface area contributed by atoms with Crippen LogP contribution in [0.25, 0.3) is 0 Å². The molecule has 1 aromatic carbocycles. The number of aromatic nitrogens is 1. The Morgan fingerprint density at radius 2 is 2.09 bits per heavy atom. The molecule has 7 nitrogen and oxygen atoms in total. The molecule has 0 radical (unpaired) electrons. The largest absolute Gasteiger partial charge is 0.472 e. The van der Waals surface area contributed by atoms with E-state index in [2.05, 4.69) is 16.8 Å². The number of unbranched alkanes of at least 4 members (excludes halogenated alkanes) is 1. The van der Waals surface area contributed by atoms with Gasteiger partial charge in [0.25, 0.3) is 11.8 Å². The minimum atomic E-state index is -0.478. The van der Waals surface area contributed by atoms with Crippen molar-refractivity contribution in [3.63, 3.8) is 0 Å². The van der Waals surface area contributed by atoms with Gasteiger partial charge in [0.2, 0.25) is 5.88 Å². The second-order valence-corrected chi connectivity index (χ2v) is 8.94. The van der Waals surface area contributed by atoms with Crippen LogP contribution in [-0.2, 0) is 0 Å². The lowest BCUT2D eigenvalue weighted by Gasteiger charge is -2.37. The molecule has 1 aliphatic rings. The van der Waals surface area contributed by atoms with Crippen LogP contribution in [0.5, 0.6) is 5.88 Å². The van der Waals surface area contributed by atoms with E-state index in [1.807, 2.05) is 13.8 Å². The first kappa shape index (κ1) is 26.2. The second kappa shape index (κ2) is 11.8. The van der Waals surface area contributed by atoms with Gasteiger partial charge in [-0.2, -0.15) is 0 Å². The highest BCUT2D eigenvalue weighted by Crippen LogP contribution is 2.27. The number of aliphatic hydroxyl groups excluding tert-OH is 1. The van der Waals surface area contributed by atoms with Crippen molar-refractivity contribution in [1.82, 2.24) is 14.8 Å². The maximum atomic E-state index is 13.4. The van der Waals surface area contributed by atoms with Gasteiger partial charge in [0.1, 0.15) is 17.5 Å². The normalized spacial score (nSPS) is 18.3. The predicted octanol–water partition coefficient (Wildman–Crippen LogP) is 3.36. The summed E-state index contributed by atoms with van der Waals surface area (Å²) < 4.78 is 19.5. The van der Waals surface area contributed by atoms with E-state index >= 15 is 0 Å². The molecule has 0 fully saturated rings. The highest BCUT2D eigenvalue weighted by molar-refractivity contribution is 5.97. The van der Waals surface area contributed by atoms with Crippen molar-refractivity contribution in [2.45, 2.75) is 45.8 Å². The minimum Gasteiger partial charge on any atom is -0.472 e. The fourth-order valence-corrected chi connectivity index (χ4v) is 3.84. The number of fused-ring (bicyclic) bond motifs is 1. The lowest BCUT2D eigenvalue weighted by atomic mass is 9.99. The SMILES string of the molecule is CCCC#Cc1cnc2c(c1)C(=O)N([C@H](C)CO)C[C@@H](C)[C@@H](CN(C)C(=O)c1ccc(F)cc1)O2. The third-order valence-electron chi connectivity index (χ3n) is 6.02. The van der Waals surface area contributed by atoms with E-state index in [0.29, 0.717) is 17.7 Å². The first-order valence-electron chi connectivity index (χ1n) is 11.8. The summed E-state index contributed by atoms with van der Waals surface area (Å²) in [6, 6.07) is 6.64. The average molecular weight is 482 g/mol. The van der Waals surface area contributed by atoms with Crippen molar-refractivity contribution in [3.05, 3.63) is 59.0 Å². The number of aliphatic hydroxyl groups is 1. The van der Waals surface area contributed by atoms with Crippen molar-refractivity contribution in [2.24, 2.45) is 5.92 Å². The molecule has 186 valence electrons. The minimum absolute atomic E-state index is 0.171. The second-order valence-electron chi connectivity index (χ2n) is 8.94. The van der Waals surface area contributed by atoms with Gasteiger partial charge >= 0.3 is 0 Å². The molecule has 1 N–H and O–H groups in total. The number of nitrogens with zero attached hydrogens (tertiary/aromatic N) is 3. The molecule has 0 bridgehead atoms. The number of amides is 2. The van der Waals surface area contributed by atoms with Crippen molar-refractivity contribution in [2.75, 3.05) is 26.7 Å². The Labute approximate surface area is 205 Å². The summed E-state index contributed by atoms with van der Waals surface area (Å²) in [7, 11) is 1.65. The van der Waals surface area contributed by atoms with Crippen LogP contribution in [0.4, 0.5) is 4.39 Å². The van der Waals surface area contributed by atoms with Gasteiger partial charge in [0.15, 0.2) is 0 Å². The van der Waals surface area contributed by atoms with E-state index in [-0.39, 0.29) is 42.3 Å². The molecular weight excluding hydrogens is 449 g/mol. The zero-order chi connectivity index (χ0) is 25.5. The summed E-state index contributed by atoms with van der Waals surface area (Å²) in [5.74, 6) is 5.12. The fourth-order valence-electron chi connectivity index (χ4n) is 3.84. The fraction of sp³-hybridized carbons (Fsp3) is 0.444. The predicted molar refractivity (Wildman–Crippen MR) is 131 cm³/mol. The number of carbonyl (C=O) groups excluding carboxylic acids is 2. The lowest BCUT2D eigenvalue weighted by Crippen LogP contribution is -2.50. The van der Waals surface area contributed by atoms with E-state index in [0.717, 1.165) is 12.8 Å². The van der Waals surface area contributed by atoms with Gasteiger partial charge in [-0.25, -0.2) is 9.37 Å². The van der Waals surface area contributed by atoms with Crippen molar-refractivity contribution >= 4 is 11.8 Å². The van der Waals surface area contributed by atoms with Crippen molar-refractivity contribution in [1.29, 1.82) is 0 Å². The summed E-state index contributed by atoms with van der Waals surface area (Å²) in [5, 5.41) is 9.79. The first-order chi connectivity index (χ1) is 16.7. The van der Waals surface area contributed by atoms with Gasteiger partial charge in [-0.1, -0.05) is 25.7 Å². The number of carbonyl (C=O) groups is 2. The van der Waals surface area contributed by atoms with E-state index in [1.165, 1.54) is 29.2 Å². The first-order valence-corrected chi connectivity index (χ1v) is 11.8. The zero-order valence-electron chi connectivity index (χ0n) is 20.6. The zero-order valence-corrected chi connectivity index (χ0v) is 20.6. The van der Waals surface area contributed by atoms with Crippen LogP contribution >= 0.6 is 0 Å². The average Bonchev–Trinajstić information content (AvgIpc) is 2.86. The molecule has 3 atom stereocenters. The van der Waals surface area contributed by atoms with Crippen LogP contribution in [-0.4, -0.2) is 70.6 Å². The Hall–Kier alpha value is -3.44. The number of likely N-dealkylation sites (N-methyl/N-ethyl adjacent to an activating group) is 1. The maximum Gasteiger partial charge on any atom is 0.259 e. The molecule has 3 rings (SSSR count). The monoisotopic (exact) mass is 481 g/mol. The number of halogens is 1. The molecule has 0 saturated heterocycles.